The zero-order valence-electron chi connectivity index (χ0n) is 18.3. The van der Waals surface area contributed by atoms with Crippen LogP contribution in [0.2, 0.25) is 0 Å². The first-order valence-corrected chi connectivity index (χ1v) is 9.87. The van der Waals surface area contributed by atoms with Crippen LogP contribution in [0.1, 0.15) is 53.7 Å². The fraction of sp³-hybridized carbons (Fsp3) is 0.435. The van der Waals surface area contributed by atoms with Crippen LogP contribution in [0, 0.1) is 12.3 Å². The smallest absolute Gasteiger partial charge is 0.227 e. The summed E-state index contributed by atoms with van der Waals surface area (Å²) >= 11 is 0. The van der Waals surface area contributed by atoms with Crippen molar-refractivity contribution in [1.82, 2.24) is 14.5 Å². The second kappa shape index (κ2) is 7.50. The monoisotopic (exact) mass is 394 g/mol. The van der Waals surface area contributed by atoms with Gasteiger partial charge in [-0.3, -0.25) is 14.7 Å². The SMILES string of the molecule is Cc1ccc2nc(NC(=O)CC(C)(C)C)n(-c3ccc(OC(C)(C)C)cc3)c2n1. The first kappa shape index (κ1) is 20.8. The number of aromatic nitrogens is 3. The molecule has 6 nitrogen and oxygen atoms in total. The zero-order chi connectivity index (χ0) is 21.4. The molecule has 6 heteroatoms. The topological polar surface area (TPSA) is 69.0 Å². The van der Waals surface area contributed by atoms with Crippen LogP contribution in [-0.4, -0.2) is 26.0 Å². The highest BCUT2D eigenvalue weighted by atomic mass is 16.5. The summed E-state index contributed by atoms with van der Waals surface area (Å²) in [5.41, 5.74) is 2.81. The second-order valence-corrected chi connectivity index (χ2v) is 9.56. The van der Waals surface area contributed by atoms with E-state index in [0.717, 1.165) is 22.6 Å². The molecule has 29 heavy (non-hydrogen) atoms. The Morgan fingerprint density at radius 3 is 2.24 bits per heavy atom. The maximum absolute atomic E-state index is 12.6. The number of pyridine rings is 1. The summed E-state index contributed by atoms with van der Waals surface area (Å²) in [4.78, 5) is 21.8. The lowest BCUT2D eigenvalue weighted by Crippen LogP contribution is -2.23. The second-order valence-electron chi connectivity index (χ2n) is 9.56. The molecule has 2 heterocycles. The van der Waals surface area contributed by atoms with Crippen LogP contribution in [0.5, 0.6) is 5.75 Å². The van der Waals surface area contributed by atoms with E-state index in [1.807, 2.05) is 89.4 Å². The van der Waals surface area contributed by atoms with Crippen molar-refractivity contribution >= 4 is 23.0 Å². The van der Waals surface area contributed by atoms with Crippen LogP contribution < -0.4 is 10.1 Å². The Balaban J connectivity index is 2.03. The van der Waals surface area contributed by atoms with Gasteiger partial charge in [0.2, 0.25) is 11.9 Å². The minimum absolute atomic E-state index is 0.0709. The molecule has 3 rings (SSSR count). The molecule has 0 saturated carbocycles. The van der Waals surface area contributed by atoms with Crippen LogP contribution in [0.4, 0.5) is 5.95 Å². The molecule has 0 radical (unpaired) electrons. The number of imidazole rings is 1. The third kappa shape index (κ3) is 5.34. The molecular weight excluding hydrogens is 364 g/mol. The van der Waals surface area contributed by atoms with Gasteiger partial charge in [0, 0.05) is 12.1 Å². The number of nitrogens with zero attached hydrogens (tertiary/aromatic N) is 3. The molecule has 0 atom stereocenters. The van der Waals surface area contributed by atoms with Crippen LogP contribution >= 0.6 is 0 Å². The lowest BCUT2D eigenvalue weighted by molar-refractivity contribution is -0.117. The van der Waals surface area contributed by atoms with Gasteiger partial charge in [-0.15, -0.1) is 0 Å². The minimum atomic E-state index is -0.270. The molecule has 0 unspecified atom stereocenters. The molecule has 0 spiro atoms. The summed E-state index contributed by atoms with van der Waals surface area (Å²) in [6.07, 6.45) is 0.404. The van der Waals surface area contributed by atoms with Crippen molar-refractivity contribution in [3.63, 3.8) is 0 Å². The van der Waals surface area contributed by atoms with Crippen molar-refractivity contribution in [2.24, 2.45) is 5.41 Å². The van der Waals surface area contributed by atoms with Crippen LogP contribution in [0.15, 0.2) is 36.4 Å². The maximum Gasteiger partial charge on any atom is 0.227 e. The van der Waals surface area contributed by atoms with Gasteiger partial charge >= 0.3 is 0 Å². The number of benzene rings is 1. The van der Waals surface area contributed by atoms with Gasteiger partial charge in [0.25, 0.3) is 0 Å². The number of rotatable bonds is 4. The van der Waals surface area contributed by atoms with Crippen LogP contribution in [0.3, 0.4) is 0 Å². The van der Waals surface area contributed by atoms with E-state index in [0.29, 0.717) is 18.0 Å². The predicted octanol–water partition coefficient (Wildman–Crippen LogP) is 5.28. The van der Waals surface area contributed by atoms with E-state index < -0.39 is 0 Å². The Labute approximate surface area is 172 Å². The summed E-state index contributed by atoms with van der Waals surface area (Å²) in [6.45, 7) is 14.1. The van der Waals surface area contributed by atoms with Gasteiger partial charge in [-0.1, -0.05) is 20.8 Å². The third-order valence-corrected chi connectivity index (χ3v) is 4.10. The van der Waals surface area contributed by atoms with Crippen LogP contribution in [-0.2, 0) is 4.79 Å². The predicted molar refractivity (Wildman–Crippen MR) is 117 cm³/mol. The fourth-order valence-corrected chi connectivity index (χ4v) is 3.05. The summed E-state index contributed by atoms with van der Waals surface area (Å²) in [5.74, 6) is 1.18. The first-order valence-electron chi connectivity index (χ1n) is 9.87. The largest absolute Gasteiger partial charge is 0.488 e. The number of nitrogens with one attached hydrogen (secondary N) is 1. The van der Waals surface area contributed by atoms with Crippen molar-refractivity contribution in [3.8, 4) is 11.4 Å². The van der Waals surface area contributed by atoms with E-state index >= 15 is 0 Å². The Bertz CT molecular complexity index is 1020. The quantitative estimate of drug-likeness (QED) is 0.653. The molecule has 1 amide bonds. The van der Waals surface area contributed by atoms with Gasteiger partial charge in [0.15, 0.2) is 5.65 Å². The number of anilines is 1. The van der Waals surface area contributed by atoms with Gasteiger partial charge in [0.05, 0.1) is 5.69 Å². The van der Waals surface area contributed by atoms with Crippen molar-refractivity contribution < 1.29 is 9.53 Å². The van der Waals surface area contributed by atoms with Crippen molar-refractivity contribution in [1.29, 1.82) is 0 Å². The standard InChI is InChI=1S/C23H30N4O2/c1-15-8-13-18-20(24-15)27(21(25-18)26-19(28)14-22(2,3)4)16-9-11-17(12-10-16)29-23(5,6)7/h8-13H,14H2,1-7H3,(H,25,26,28). The molecule has 0 aliphatic rings. The number of hydrogen-bond acceptors (Lipinski definition) is 4. The van der Waals surface area contributed by atoms with Gasteiger partial charge in [-0.2, -0.15) is 0 Å². The molecule has 1 aromatic carbocycles. The molecule has 0 aliphatic heterocycles. The number of carbonyl (C=O) groups is 1. The molecule has 0 fully saturated rings. The fourth-order valence-electron chi connectivity index (χ4n) is 3.05. The van der Waals surface area contributed by atoms with Crippen molar-refractivity contribution in [2.75, 3.05) is 5.32 Å². The van der Waals surface area contributed by atoms with E-state index in [9.17, 15) is 4.79 Å². The molecule has 1 N–H and O–H groups in total. The number of fused-ring (bicyclic) bond motifs is 1. The van der Waals surface area contributed by atoms with E-state index in [2.05, 4.69) is 15.3 Å². The van der Waals surface area contributed by atoms with E-state index in [1.54, 1.807) is 0 Å². The number of amides is 1. The van der Waals surface area contributed by atoms with Gasteiger partial charge in [-0.05, 0) is 69.5 Å². The maximum atomic E-state index is 12.6. The highest BCUT2D eigenvalue weighted by molar-refractivity contribution is 5.92. The average Bonchev–Trinajstić information content (AvgIpc) is 2.89. The lowest BCUT2D eigenvalue weighted by Gasteiger charge is -2.21. The average molecular weight is 395 g/mol. The zero-order valence-corrected chi connectivity index (χ0v) is 18.3. The van der Waals surface area contributed by atoms with E-state index in [-0.39, 0.29) is 16.9 Å². The third-order valence-electron chi connectivity index (χ3n) is 4.10. The van der Waals surface area contributed by atoms with Gasteiger partial charge in [0.1, 0.15) is 16.9 Å². The number of hydrogen-bond donors (Lipinski definition) is 1. The van der Waals surface area contributed by atoms with Crippen LogP contribution in [0.25, 0.3) is 16.9 Å². The Hall–Kier alpha value is -2.89. The molecular formula is C23H30N4O2. The molecule has 2 aromatic heterocycles. The molecule has 0 aliphatic carbocycles. The highest BCUT2D eigenvalue weighted by Gasteiger charge is 2.20. The first-order chi connectivity index (χ1) is 13.4. The Morgan fingerprint density at radius 2 is 1.66 bits per heavy atom. The summed E-state index contributed by atoms with van der Waals surface area (Å²) in [5, 5.41) is 2.97. The van der Waals surface area contributed by atoms with E-state index in [1.165, 1.54) is 0 Å². The number of carbonyl (C=O) groups excluding carboxylic acids is 1. The number of aryl methyl sites for hydroxylation is 1. The normalized spacial score (nSPS) is 12.2. The van der Waals surface area contributed by atoms with Gasteiger partial charge < -0.3 is 4.74 Å². The molecule has 154 valence electrons. The summed E-state index contributed by atoms with van der Waals surface area (Å²) in [6, 6.07) is 11.6. The number of ether oxygens (including phenoxy) is 1. The Morgan fingerprint density at radius 1 is 1.00 bits per heavy atom. The summed E-state index contributed by atoms with van der Waals surface area (Å²) in [7, 11) is 0. The minimum Gasteiger partial charge on any atom is -0.488 e. The van der Waals surface area contributed by atoms with Crippen molar-refractivity contribution in [3.05, 3.63) is 42.1 Å². The molecule has 0 saturated heterocycles. The molecule has 3 aromatic rings. The summed E-state index contributed by atoms with van der Waals surface area (Å²) < 4.78 is 7.80. The van der Waals surface area contributed by atoms with Crippen molar-refractivity contribution in [2.45, 2.75) is 60.5 Å². The molecule has 0 bridgehead atoms. The highest BCUT2D eigenvalue weighted by Crippen LogP contribution is 2.27. The van der Waals surface area contributed by atoms with Gasteiger partial charge in [-0.25, -0.2) is 9.97 Å². The van der Waals surface area contributed by atoms with E-state index in [4.69, 9.17) is 4.74 Å². The lowest BCUT2D eigenvalue weighted by atomic mass is 9.92. The Kier molecular flexibility index (Phi) is 5.39.